The molecule has 1 saturated heterocycles. The van der Waals surface area contributed by atoms with Gasteiger partial charge in [0.05, 0.1) is 6.54 Å². The molecule has 0 saturated carbocycles. The first-order chi connectivity index (χ1) is 14.7. The second kappa shape index (κ2) is 9.91. The monoisotopic (exact) mass is 441 g/mol. The Morgan fingerprint density at radius 3 is 2.57 bits per heavy atom. The van der Waals surface area contributed by atoms with Crippen molar-refractivity contribution in [2.45, 2.75) is 32.2 Å². The number of rotatable bonds is 5. The van der Waals surface area contributed by atoms with Gasteiger partial charge in [-0.25, -0.2) is 4.98 Å². The first kappa shape index (κ1) is 20.6. The van der Waals surface area contributed by atoms with Crippen LogP contribution in [0.5, 0.6) is 0 Å². The summed E-state index contributed by atoms with van der Waals surface area (Å²) in [5.74, 6) is 2.84. The molecule has 0 spiro atoms. The van der Waals surface area contributed by atoms with Crippen LogP contribution in [0.3, 0.4) is 0 Å². The minimum atomic E-state index is 0.392. The molecule has 3 aromatic rings. The van der Waals surface area contributed by atoms with E-state index < -0.39 is 0 Å². The lowest BCUT2D eigenvalue weighted by Crippen LogP contribution is -2.29. The van der Waals surface area contributed by atoms with Crippen LogP contribution in [-0.4, -0.2) is 28.2 Å². The van der Waals surface area contributed by atoms with Crippen LogP contribution in [0.15, 0.2) is 52.9 Å². The summed E-state index contributed by atoms with van der Waals surface area (Å²) in [6.45, 7) is 2.42. The minimum absolute atomic E-state index is 0.392. The lowest BCUT2D eigenvalue weighted by Gasteiger charge is -2.22. The van der Waals surface area contributed by atoms with E-state index in [-0.39, 0.29) is 0 Å². The zero-order chi connectivity index (χ0) is 20.8. The molecule has 1 aliphatic heterocycles. The van der Waals surface area contributed by atoms with E-state index in [0.29, 0.717) is 22.8 Å². The predicted molar refractivity (Wildman–Crippen MR) is 125 cm³/mol. The van der Waals surface area contributed by atoms with E-state index in [0.717, 1.165) is 36.0 Å². The molecule has 0 unspecified atom stereocenters. The van der Waals surface area contributed by atoms with E-state index in [1.807, 2.05) is 48.5 Å². The molecule has 0 bridgehead atoms. The molecule has 0 radical (unpaired) electrons. The van der Waals surface area contributed by atoms with E-state index in [4.69, 9.17) is 28.2 Å². The van der Waals surface area contributed by atoms with Crippen molar-refractivity contribution in [2.24, 2.45) is 0 Å². The third kappa shape index (κ3) is 5.49. The largest absolute Gasteiger partial charge is 0.459 e. The van der Waals surface area contributed by atoms with Gasteiger partial charge in [-0.3, -0.25) is 0 Å². The maximum Gasteiger partial charge on any atom is 0.232 e. The molecule has 8 heteroatoms. The van der Waals surface area contributed by atoms with Crippen LogP contribution < -0.4 is 15.5 Å². The predicted octanol–water partition coefficient (Wildman–Crippen LogP) is 5.26. The van der Waals surface area contributed by atoms with Gasteiger partial charge in [-0.05, 0) is 37.2 Å². The molecule has 0 atom stereocenters. The van der Waals surface area contributed by atoms with E-state index >= 15 is 0 Å². The van der Waals surface area contributed by atoms with Crippen LogP contribution in [0, 0.1) is 0 Å². The van der Waals surface area contributed by atoms with Crippen LogP contribution in [0.1, 0.15) is 31.4 Å². The number of furan rings is 1. The smallest absolute Gasteiger partial charge is 0.232 e. The zero-order valence-corrected chi connectivity index (χ0v) is 18.2. The number of hydrogen-bond donors (Lipinski definition) is 2. The van der Waals surface area contributed by atoms with Gasteiger partial charge >= 0.3 is 0 Å². The van der Waals surface area contributed by atoms with Gasteiger partial charge in [-0.2, -0.15) is 4.98 Å². The highest BCUT2D eigenvalue weighted by molar-refractivity contribution is 7.80. The van der Waals surface area contributed by atoms with Gasteiger partial charge < -0.3 is 20.0 Å². The van der Waals surface area contributed by atoms with Gasteiger partial charge in [0.2, 0.25) is 5.95 Å². The summed E-state index contributed by atoms with van der Waals surface area (Å²) in [6.07, 6.45) is 4.84. The SMILES string of the molecule is S=C(NCc1ccc(-c2ccccc2)o1)Nc1nc(Cl)cc(N2CCCCCC2)n1. The Labute approximate surface area is 186 Å². The fourth-order valence-corrected chi connectivity index (χ4v) is 3.81. The molecule has 2 aromatic heterocycles. The number of nitrogens with zero attached hydrogens (tertiary/aromatic N) is 3. The van der Waals surface area contributed by atoms with E-state index in [1.165, 1.54) is 25.7 Å². The number of anilines is 2. The maximum absolute atomic E-state index is 6.23. The highest BCUT2D eigenvalue weighted by Gasteiger charge is 2.14. The minimum Gasteiger partial charge on any atom is -0.459 e. The topological polar surface area (TPSA) is 66.2 Å². The molecule has 6 nitrogen and oxygen atoms in total. The number of aromatic nitrogens is 2. The summed E-state index contributed by atoms with van der Waals surface area (Å²) in [6, 6.07) is 15.7. The Kier molecular flexibility index (Phi) is 6.81. The molecular formula is C22H24ClN5OS. The number of thiocarbonyl (C=S) groups is 1. The first-order valence-electron chi connectivity index (χ1n) is 10.2. The molecule has 0 aliphatic carbocycles. The fourth-order valence-electron chi connectivity index (χ4n) is 3.47. The summed E-state index contributed by atoms with van der Waals surface area (Å²) in [5.41, 5.74) is 1.04. The van der Waals surface area contributed by atoms with Gasteiger partial charge in [-0.15, -0.1) is 0 Å². The number of nitrogens with one attached hydrogen (secondary N) is 2. The quantitative estimate of drug-likeness (QED) is 0.413. The van der Waals surface area contributed by atoms with E-state index in [2.05, 4.69) is 25.5 Å². The Balaban J connectivity index is 1.35. The maximum atomic E-state index is 6.23. The van der Waals surface area contributed by atoms with Crippen molar-refractivity contribution in [3.63, 3.8) is 0 Å². The Morgan fingerprint density at radius 2 is 1.80 bits per heavy atom. The molecule has 0 amide bonds. The number of benzene rings is 1. The molecule has 1 aliphatic rings. The highest BCUT2D eigenvalue weighted by atomic mass is 35.5. The third-order valence-electron chi connectivity index (χ3n) is 4.98. The lowest BCUT2D eigenvalue weighted by molar-refractivity contribution is 0.516. The van der Waals surface area contributed by atoms with Crippen LogP contribution in [0.2, 0.25) is 5.15 Å². The van der Waals surface area contributed by atoms with Gasteiger partial charge in [0.25, 0.3) is 0 Å². The normalized spacial score (nSPS) is 14.2. The molecule has 1 aromatic carbocycles. The van der Waals surface area contributed by atoms with Crippen LogP contribution in [0.4, 0.5) is 11.8 Å². The average molecular weight is 442 g/mol. The van der Waals surface area contributed by atoms with E-state index in [9.17, 15) is 0 Å². The number of halogens is 1. The molecule has 1 fully saturated rings. The van der Waals surface area contributed by atoms with Crippen molar-refractivity contribution in [1.29, 1.82) is 0 Å². The van der Waals surface area contributed by atoms with Gasteiger partial charge in [0, 0.05) is 24.7 Å². The van der Waals surface area contributed by atoms with Crippen LogP contribution in [0.25, 0.3) is 11.3 Å². The van der Waals surface area contributed by atoms with Crippen LogP contribution in [-0.2, 0) is 6.54 Å². The standard InChI is InChI=1S/C22H24ClN5OS/c23-19-14-20(28-12-6-1-2-7-13-28)26-21(25-19)27-22(30)24-15-17-10-11-18(29-17)16-8-4-3-5-9-16/h3-5,8-11,14H,1-2,6-7,12-13,15H2,(H2,24,25,26,27,30). The third-order valence-corrected chi connectivity index (χ3v) is 5.42. The van der Waals surface area contributed by atoms with Crippen molar-refractivity contribution < 1.29 is 4.42 Å². The van der Waals surface area contributed by atoms with Gasteiger partial charge in [0.1, 0.15) is 22.5 Å². The van der Waals surface area contributed by atoms with E-state index in [1.54, 1.807) is 0 Å². The summed E-state index contributed by atoms with van der Waals surface area (Å²) >= 11 is 11.6. The first-order valence-corrected chi connectivity index (χ1v) is 10.9. The second-order valence-corrected chi connectivity index (χ2v) is 8.01. The molecular weight excluding hydrogens is 418 g/mol. The second-order valence-electron chi connectivity index (χ2n) is 7.21. The molecule has 2 N–H and O–H groups in total. The van der Waals surface area contributed by atoms with Crippen molar-refractivity contribution in [2.75, 3.05) is 23.3 Å². The van der Waals surface area contributed by atoms with Gasteiger partial charge in [0.15, 0.2) is 5.11 Å². The Hall–Kier alpha value is -2.64. The molecule has 30 heavy (non-hydrogen) atoms. The summed E-state index contributed by atoms with van der Waals surface area (Å²) < 4.78 is 5.89. The number of hydrogen-bond acceptors (Lipinski definition) is 5. The average Bonchev–Trinajstić information content (AvgIpc) is 3.06. The van der Waals surface area contributed by atoms with Crippen molar-refractivity contribution in [3.05, 3.63) is 59.4 Å². The highest BCUT2D eigenvalue weighted by Crippen LogP contribution is 2.23. The van der Waals surface area contributed by atoms with Gasteiger partial charge in [-0.1, -0.05) is 54.8 Å². The molecule has 3 heterocycles. The zero-order valence-electron chi connectivity index (χ0n) is 16.6. The molecule has 156 valence electrons. The Morgan fingerprint density at radius 1 is 1.03 bits per heavy atom. The lowest BCUT2D eigenvalue weighted by atomic mass is 10.2. The molecule has 4 rings (SSSR count). The van der Waals surface area contributed by atoms with Crippen LogP contribution >= 0.6 is 23.8 Å². The summed E-state index contributed by atoms with van der Waals surface area (Å²) in [5, 5.41) is 6.97. The van der Waals surface area contributed by atoms with Crippen molar-refractivity contribution in [3.8, 4) is 11.3 Å². The summed E-state index contributed by atoms with van der Waals surface area (Å²) in [7, 11) is 0. The van der Waals surface area contributed by atoms with Crippen molar-refractivity contribution in [1.82, 2.24) is 15.3 Å². The van der Waals surface area contributed by atoms with Crippen molar-refractivity contribution >= 4 is 40.7 Å². The summed E-state index contributed by atoms with van der Waals surface area (Å²) in [4.78, 5) is 11.1. The Bertz CT molecular complexity index is 986. The fraction of sp³-hybridized carbons (Fsp3) is 0.318.